The summed E-state index contributed by atoms with van der Waals surface area (Å²) in [6, 6.07) is 16.6. The summed E-state index contributed by atoms with van der Waals surface area (Å²) >= 11 is 1.28. The Morgan fingerprint density at radius 1 is 1.16 bits per heavy atom. The van der Waals surface area contributed by atoms with E-state index in [4.69, 9.17) is 0 Å². The minimum absolute atomic E-state index is 0.143. The van der Waals surface area contributed by atoms with Gasteiger partial charge in [0.05, 0.1) is 22.5 Å². The average Bonchev–Trinajstić information content (AvgIpc) is 3.21. The van der Waals surface area contributed by atoms with E-state index < -0.39 is 5.91 Å². The van der Waals surface area contributed by atoms with Gasteiger partial charge in [0.2, 0.25) is 0 Å². The number of hydrogen-bond acceptors (Lipinski definition) is 5. The van der Waals surface area contributed by atoms with Gasteiger partial charge >= 0.3 is 5.91 Å². The molecule has 0 aliphatic carbocycles. The van der Waals surface area contributed by atoms with Gasteiger partial charge in [-0.25, -0.2) is 9.98 Å². The van der Waals surface area contributed by atoms with Gasteiger partial charge < -0.3 is 4.98 Å². The van der Waals surface area contributed by atoms with Crippen LogP contribution in [0.4, 0.5) is 5.69 Å². The lowest BCUT2D eigenvalue weighted by molar-refractivity contribution is -0.125. The molecule has 1 aliphatic rings. The fraction of sp³-hybridized carbons (Fsp3) is 0.0588. The number of aromatic amines is 1. The standard InChI is InChI=1S/C17H13N5O2S/c23-14-10-25-17(18-11-6-2-1-3-7-11)22(14)21-16(24)15-19-12-8-4-5-9-13(12)20-15/h1-9H,10H2,(H,19,20)(H,21,24). The molecule has 1 saturated heterocycles. The second kappa shape index (κ2) is 6.40. The molecule has 3 aromatic rings. The van der Waals surface area contributed by atoms with Crippen molar-refractivity contribution >= 4 is 45.5 Å². The molecule has 2 amide bonds. The first kappa shape index (κ1) is 15.4. The number of para-hydroxylation sites is 3. The Hall–Kier alpha value is -3.13. The first-order valence-electron chi connectivity index (χ1n) is 7.56. The molecule has 0 bridgehead atoms. The Morgan fingerprint density at radius 2 is 1.92 bits per heavy atom. The van der Waals surface area contributed by atoms with E-state index in [1.165, 1.54) is 16.8 Å². The molecule has 2 heterocycles. The van der Waals surface area contributed by atoms with Crippen molar-refractivity contribution in [3.8, 4) is 0 Å². The van der Waals surface area contributed by atoms with Crippen molar-refractivity contribution in [1.82, 2.24) is 20.4 Å². The van der Waals surface area contributed by atoms with Crippen LogP contribution in [0.3, 0.4) is 0 Å². The highest BCUT2D eigenvalue weighted by molar-refractivity contribution is 8.15. The number of H-pyrrole nitrogens is 1. The first-order chi connectivity index (χ1) is 12.2. The van der Waals surface area contributed by atoms with E-state index in [0.717, 1.165) is 5.52 Å². The van der Waals surface area contributed by atoms with Crippen LogP contribution in [0.1, 0.15) is 10.6 Å². The quantitative estimate of drug-likeness (QED) is 0.758. The molecule has 7 nitrogen and oxygen atoms in total. The number of hydrogen-bond donors (Lipinski definition) is 2. The summed E-state index contributed by atoms with van der Waals surface area (Å²) < 4.78 is 0. The third-order valence-electron chi connectivity index (χ3n) is 3.56. The van der Waals surface area contributed by atoms with E-state index in [9.17, 15) is 9.59 Å². The second-order valence-electron chi connectivity index (χ2n) is 5.29. The Bertz CT molecular complexity index is 950. The minimum atomic E-state index is -0.493. The number of benzene rings is 2. The first-order valence-corrected chi connectivity index (χ1v) is 8.54. The van der Waals surface area contributed by atoms with Crippen molar-refractivity contribution in [3.05, 3.63) is 60.4 Å². The lowest BCUT2D eigenvalue weighted by Crippen LogP contribution is -2.46. The molecule has 0 unspecified atom stereocenters. The van der Waals surface area contributed by atoms with Gasteiger partial charge in [-0.05, 0) is 24.3 Å². The number of fused-ring (bicyclic) bond motifs is 1. The zero-order valence-corrected chi connectivity index (χ0v) is 13.8. The Balaban J connectivity index is 1.58. The molecule has 2 N–H and O–H groups in total. The number of hydrazine groups is 1. The monoisotopic (exact) mass is 351 g/mol. The molecule has 0 spiro atoms. The number of amides is 2. The molecule has 25 heavy (non-hydrogen) atoms. The number of thioether (sulfide) groups is 1. The van der Waals surface area contributed by atoms with Crippen LogP contribution in [0, 0.1) is 0 Å². The maximum Gasteiger partial charge on any atom is 0.306 e. The summed E-state index contributed by atoms with van der Waals surface area (Å²) in [5.41, 5.74) is 4.73. The number of carbonyl (C=O) groups is 2. The third-order valence-corrected chi connectivity index (χ3v) is 4.49. The molecule has 124 valence electrons. The maximum atomic E-state index is 12.5. The highest BCUT2D eigenvalue weighted by Crippen LogP contribution is 2.22. The normalized spacial score (nSPS) is 15.9. The Labute approximate surface area is 147 Å². The smallest absolute Gasteiger partial charge is 0.306 e. The van der Waals surface area contributed by atoms with Gasteiger partial charge in [0.15, 0.2) is 11.0 Å². The van der Waals surface area contributed by atoms with E-state index in [1.807, 2.05) is 54.6 Å². The number of rotatable bonds is 3. The zero-order valence-electron chi connectivity index (χ0n) is 13.0. The SMILES string of the molecule is O=C(NN1C(=O)CSC1=Nc1ccccc1)c1nc2ccccc2[nH]1. The van der Waals surface area contributed by atoms with Crippen molar-refractivity contribution in [2.45, 2.75) is 0 Å². The van der Waals surface area contributed by atoms with E-state index in [0.29, 0.717) is 16.4 Å². The van der Waals surface area contributed by atoms with Gasteiger partial charge in [0.1, 0.15) is 0 Å². The maximum absolute atomic E-state index is 12.5. The Kier molecular flexibility index (Phi) is 3.95. The van der Waals surface area contributed by atoms with Gasteiger partial charge in [-0.1, -0.05) is 42.1 Å². The van der Waals surface area contributed by atoms with Gasteiger partial charge in [-0.15, -0.1) is 0 Å². The highest BCUT2D eigenvalue weighted by Gasteiger charge is 2.31. The van der Waals surface area contributed by atoms with Crippen LogP contribution < -0.4 is 5.43 Å². The second-order valence-corrected chi connectivity index (χ2v) is 6.23. The zero-order chi connectivity index (χ0) is 17.2. The van der Waals surface area contributed by atoms with Crippen LogP contribution >= 0.6 is 11.8 Å². The van der Waals surface area contributed by atoms with Crippen molar-refractivity contribution in [2.75, 3.05) is 5.75 Å². The molecule has 8 heteroatoms. The predicted molar refractivity (Wildman–Crippen MR) is 96.4 cm³/mol. The van der Waals surface area contributed by atoms with Gasteiger partial charge in [0.25, 0.3) is 5.91 Å². The van der Waals surface area contributed by atoms with Crippen molar-refractivity contribution < 1.29 is 9.59 Å². The number of nitrogens with zero attached hydrogens (tertiary/aromatic N) is 3. The van der Waals surface area contributed by atoms with E-state index in [2.05, 4.69) is 20.4 Å². The molecular weight excluding hydrogens is 338 g/mol. The number of carbonyl (C=O) groups excluding carboxylic acids is 2. The van der Waals surface area contributed by atoms with E-state index in [-0.39, 0.29) is 17.5 Å². The molecule has 0 atom stereocenters. The summed E-state index contributed by atoms with van der Waals surface area (Å²) in [6.07, 6.45) is 0. The van der Waals surface area contributed by atoms with Crippen LogP contribution in [0.2, 0.25) is 0 Å². The summed E-state index contributed by atoms with van der Waals surface area (Å²) in [4.78, 5) is 36.1. The van der Waals surface area contributed by atoms with Crippen LogP contribution in [0.15, 0.2) is 59.6 Å². The summed E-state index contributed by atoms with van der Waals surface area (Å²) in [7, 11) is 0. The van der Waals surface area contributed by atoms with Crippen molar-refractivity contribution in [2.24, 2.45) is 4.99 Å². The van der Waals surface area contributed by atoms with Crippen LogP contribution in [-0.2, 0) is 4.79 Å². The molecule has 4 rings (SSSR count). The molecule has 0 saturated carbocycles. The predicted octanol–water partition coefficient (Wildman–Crippen LogP) is 2.47. The number of amidine groups is 1. The number of aliphatic imine (C=N–C) groups is 1. The number of nitrogens with one attached hydrogen (secondary N) is 2. The molecule has 2 aromatic carbocycles. The fourth-order valence-electron chi connectivity index (χ4n) is 2.38. The fourth-order valence-corrected chi connectivity index (χ4v) is 3.21. The number of aromatic nitrogens is 2. The molecule has 1 fully saturated rings. The van der Waals surface area contributed by atoms with Gasteiger partial charge in [0, 0.05) is 0 Å². The van der Waals surface area contributed by atoms with Crippen molar-refractivity contribution in [1.29, 1.82) is 0 Å². The van der Waals surface area contributed by atoms with E-state index in [1.54, 1.807) is 0 Å². The molecule has 0 radical (unpaired) electrons. The lowest BCUT2D eigenvalue weighted by Gasteiger charge is -2.16. The third kappa shape index (κ3) is 3.11. The highest BCUT2D eigenvalue weighted by atomic mass is 32.2. The summed E-state index contributed by atoms with van der Waals surface area (Å²) in [5.74, 6) is -0.353. The molecular formula is C17H13N5O2S. The number of imidazole rings is 1. The largest absolute Gasteiger partial charge is 0.334 e. The van der Waals surface area contributed by atoms with Crippen LogP contribution in [0.5, 0.6) is 0 Å². The average molecular weight is 351 g/mol. The summed E-state index contributed by atoms with van der Waals surface area (Å²) in [5, 5.41) is 1.60. The van der Waals surface area contributed by atoms with Gasteiger partial charge in [-0.3, -0.25) is 15.0 Å². The summed E-state index contributed by atoms with van der Waals surface area (Å²) in [6.45, 7) is 0. The van der Waals surface area contributed by atoms with Crippen LogP contribution in [0.25, 0.3) is 11.0 Å². The minimum Gasteiger partial charge on any atom is -0.334 e. The molecule has 1 aliphatic heterocycles. The van der Waals surface area contributed by atoms with Crippen LogP contribution in [-0.4, -0.2) is 37.7 Å². The lowest BCUT2D eigenvalue weighted by atomic mass is 10.3. The van der Waals surface area contributed by atoms with Gasteiger partial charge in [-0.2, -0.15) is 5.01 Å². The topological polar surface area (TPSA) is 90.4 Å². The molecule has 1 aromatic heterocycles. The van der Waals surface area contributed by atoms with Crippen molar-refractivity contribution in [3.63, 3.8) is 0 Å². The van der Waals surface area contributed by atoms with E-state index >= 15 is 0 Å². The Morgan fingerprint density at radius 3 is 2.72 bits per heavy atom.